The molecule has 1 aromatic carbocycles. The van der Waals surface area contributed by atoms with Gasteiger partial charge >= 0.3 is 5.97 Å². The van der Waals surface area contributed by atoms with Crippen LogP contribution in [-0.4, -0.2) is 22.8 Å². The van der Waals surface area contributed by atoms with Gasteiger partial charge < -0.3 is 5.11 Å². The number of hydrogen-bond donors (Lipinski definition) is 1. The minimum Gasteiger partial charge on any atom is -0.479 e. The van der Waals surface area contributed by atoms with Crippen molar-refractivity contribution in [2.24, 2.45) is 10.9 Å². The lowest BCUT2D eigenvalue weighted by molar-refractivity contribution is -0.143. The molecule has 1 rings (SSSR count). The van der Waals surface area contributed by atoms with E-state index in [0.29, 0.717) is 6.42 Å². The SMILES string of the molecule is C#CC(CC)C(C)(N=Cc1ccccc1)C(=O)O. The molecule has 3 nitrogen and oxygen atoms in total. The van der Waals surface area contributed by atoms with E-state index in [4.69, 9.17) is 6.42 Å². The summed E-state index contributed by atoms with van der Waals surface area (Å²) >= 11 is 0. The molecular weight excluding hydrogens is 226 g/mol. The summed E-state index contributed by atoms with van der Waals surface area (Å²) in [5, 5.41) is 9.33. The maximum absolute atomic E-state index is 11.4. The Morgan fingerprint density at radius 1 is 1.56 bits per heavy atom. The minimum absolute atomic E-state index is 0.421. The van der Waals surface area contributed by atoms with Crippen LogP contribution in [0.25, 0.3) is 0 Å². The highest BCUT2D eigenvalue weighted by atomic mass is 16.4. The lowest BCUT2D eigenvalue weighted by Gasteiger charge is -2.25. The molecule has 18 heavy (non-hydrogen) atoms. The van der Waals surface area contributed by atoms with Crippen LogP contribution >= 0.6 is 0 Å². The molecule has 1 aromatic rings. The normalized spacial score (nSPS) is 15.8. The van der Waals surface area contributed by atoms with Crippen molar-refractivity contribution in [3.8, 4) is 12.3 Å². The molecule has 0 bridgehead atoms. The second kappa shape index (κ2) is 6.02. The van der Waals surface area contributed by atoms with Crippen molar-refractivity contribution in [3.05, 3.63) is 35.9 Å². The Bertz CT molecular complexity index is 473. The predicted octanol–water partition coefficient (Wildman–Crippen LogP) is 2.61. The number of nitrogens with zero attached hydrogens (tertiary/aromatic N) is 1. The molecule has 0 aliphatic carbocycles. The molecule has 94 valence electrons. The summed E-state index contributed by atoms with van der Waals surface area (Å²) in [5.41, 5.74) is -0.420. The van der Waals surface area contributed by atoms with Gasteiger partial charge in [-0.25, -0.2) is 4.79 Å². The van der Waals surface area contributed by atoms with Crippen LogP contribution in [0.2, 0.25) is 0 Å². The van der Waals surface area contributed by atoms with Crippen molar-refractivity contribution in [1.82, 2.24) is 0 Å². The van der Waals surface area contributed by atoms with Crippen molar-refractivity contribution < 1.29 is 9.90 Å². The lowest BCUT2D eigenvalue weighted by atomic mass is 9.85. The first-order valence-electron chi connectivity index (χ1n) is 5.84. The third-order valence-electron chi connectivity index (χ3n) is 3.00. The second-order valence-corrected chi connectivity index (χ2v) is 4.25. The fourth-order valence-corrected chi connectivity index (χ4v) is 1.72. The van der Waals surface area contributed by atoms with E-state index in [-0.39, 0.29) is 0 Å². The molecule has 0 radical (unpaired) electrons. The number of hydrogen-bond acceptors (Lipinski definition) is 2. The monoisotopic (exact) mass is 243 g/mol. The summed E-state index contributed by atoms with van der Waals surface area (Å²) in [7, 11) is 0. The minimum atomic E-state index is -1.28. The van der Waals surface area contributed by atoms with Crippen molar-refractivity contribution in [1.29, 1.82) is 0 Å². The predicted molar refractivity (Wildman–Crippen MR) is 72.7 cm³/mol. The van der Waals surface area contributed by atoms with Crippen LogP contribution in [0.5, 0.6) is 0 Å². The zero-order valence-electron chi connectivity index (χ0n) is 10.6. The Hall–Kier alpha value is -2.08. The molecule has 0 fully saturated rings. The van der Waals surface area contributed by atoms with Gasteiger partial charge in [0.1, 0.15) is 0 Å². The average Bonchev–Trinajstić information content (AvgIpc) is 2.38. The number of aliphatic imine (C=N–C) groups is 1. The summed E-state index contributed by atoms with van der Waals surface area (Å²) in [5.74, 6) is 1.09. The van der Waals surface area contributed by atoms with E-state index in [1.807, 2.05) is 37.3 Å². The highest BCUT2D eigenvalue weighted by Crippen LogP contribution is 2.25. The fraction of sp³-hybridized carbons (Fsp3) is 0.333. The van der Waals surface area contributed by atoms with Crippen molar-refractivity contribution >= 4 is 12.2 Å². The molecule has 0 aromatic heterocycles. The van der Waals surface area contributed by atoms with Gasteiger partial charge in [0.25, 0.3) is 0 Å². The Morgan fingerprint density at radius 3 is 2.61 bits per heavy atom. The largest absolute Gasteiger partial charge is 0.479 e. The molecule has 0 saturated carbocycles. The number of rotatable bonds is 5. The second-order valence-electron chi connectivity index (χ2n) is 4.25. The molecule has 0 aliphatic rings. The van der Waals surface area contributed by atoms with Gasteiger partial charge in [0.05, 0.1) is 5.92 Å². The molecule has 0 aliphatic heterocycles. The van der Waals surface area contributed by atoms with Gasteiger partial charge in [0.2, 0.25) is 0 Å². The fourth-order valence-electron chi connectivity index (χ4n) is 1.72. The number of aliphatic carboxylic acids is 1. The molecule has 0 heterocycles. The number of terminal acetylenes is 1. The van der Waals surface area contributed by atoms with Gasteiger partial charge in [-0.1, -0.05) is 37.3 Å². The Kier molecular flexibility index (Phi) is 4.67. The topological polar surface area (TPSA) is 49.7 Å². The van der Waals surface area contributed by atoms with E-state index in [1.165, 1.54) is 0 Å². The number of benzene rings is 1. The Labute approximate surface area is 108 Å². The molecule has 2 atom stereocenters. The first-order valence-corrected chi connectivity index (χ1v) is 5.84. The van der Waals surface area contributed by atoms with Crippen LogP contribution in [0.3, 0.4) is 0 Å². The van der Waals surface area contributed by atoms with Crippen LogP contribution in [-0.2, 0) is 4.79 Å². The van der Waals surface area contributed by atoms with Gasteiger partial charge in [-0.3, -0.25) is 4.99 Å². The third kappa shape index (κ3) is 2.98. The summed E-state index contributed by atoms with van der Waals surface area (Å²) in [6.45, 7) is 3.42. The van der Waals surface area contributed by atoms with E-state index < -0.39 is 17.4 Å². The number of carboxylic acids is 1. The molecular formula is C15H17NO2. The quantitative estimate of drug-likeness (QED) is 0.638. The molecule has 0 spiro atoms. The first-order chi connectivity index (χ1) is 8.54. The lowest BCUT2D eigenvalue weighted by Crippen LogP contribution is -2.40. The Morgan fingerprint density at radius 2 is 2.17 bits per heavy atom. The molecule has 0 saturated heterocycles. The van der Waals surface area contributed by atoms with Crippen LogP contribution in [0.15, 0.2) is 35.3 Å². The van der Waals surface area contributed by atoms with Crippen LogP contribution in [0.1, 0.15) is 25.8 Å². The van der Waals surface area contributed by atoms with E-state index in [2.05, 4.69) is 10.9 Å². The number of carboxylic acid groups (broad SMARTS) is 1. The van der Waals surface area contributed by atoms with Gasteiger partial charge in [-0.2, -0.15) is 0 Å². The summed E-state index contributed by atoms with van der Waals surface area (Å²) < 4.78 is 0. The zero-order chi connectivity index (χ0) is 13.6. The van der Waals surface area contributed by atoms with Crippen molar-refractivity contribution in [2.45, 2.75) is 25.8 Å². The zero-order valence-corrected chi connectivity index (χ0v) is 10.6. The van der Waals surface area contributed by atoms with E-state index in [0.717, 1.165) is 5.56 Å². The van der Waals surface area contributed by atoms with Gasteiger partial charge in [0.15, 0.2) is 5.54 Å². The Balaban J connectivity index is 3.05. The van der Waals surface area contributed by atoms with Crippen molar-refractivity contribution in [3.63, 3.8) is 0 Å². The maximum atomic E-state index is 11.4. The average molecular weight is 243 g/mol. The van der Waals surface area contributed by atoms with Gasteiger partial charge in [-0.05, 0) is 18.9 Å². The van der Waals surface area contributed by atoms with Crippen LogP contribution < -0.4 is 0 Å². The van der Waals surface area contributed by atoms with E-state index in [1.54, 1.807) is 13.1 Å². The van der Waals surface area contributed by atoms with Crippen LogP contribution in [0, 0.1) is 18.3 Å². The first kappa shape index (κ1) is 14.0. The van der Waals surface area contributed by atoms with E-state index >= 15 is 0 Å². The number of carbonyl (C=O) groups is 1. The molecule has 2 unspecified atom stereocenters. The molecule has 3 heteroatoms. The summed E-state index contributed by atoms with van der Waals surface area (Å²) in [4.78, 5) is 15.6. The standard InChI is InChI=1S/C15H17NO2/c1-4-13(5-2)15(3,14(17)18)16-11-12-9-7-6-8-10-12/h1,6-11,13H,5H2,2-3H3,(H,17,18). The molecule has 1 N–H and O–H groups in total. The van der Waals surface area contributed by atoms with Crippen molar-refractivity contribution in [2.75, 3.05) is 0 Å². The maximum Gasteiger partial charge on any atom is 0.332 e. The smallest absolute Gasteiger partial charge is 0.332 e. The molecule has 0 amide bonds. The summed E-state index contributed by atoms with van der Waals surface area (Å²) in [6.07, 6.45) is 7.53. The highest BCUT2D eigenvalue weighted by Gasteiger charge is 2.39. The van der Waals surface area contributed by atoms with Gasteiger partial charge in [-0.15, -0.1) is 12.3 Å². The van der Waals surface area contributed by atoms with Gasteiger partial charge in [0, 0.05) is 6.21 Å². The summed E-state index contributed by atoms with van der Waals surface area (Å²) in [6, 6.07) is 9.37. The third-order valence-corrected chi connectivity index (χ3v) is 3.00. The highest BCUT2D eigenvalue weighted by molar-refractivity contribution is 5.86. The van der Waals surface area contributed by atoms with Crippen LogP contribution in [0.4, 0.5) is 0 Å². The van der Waals surface area contributed by atoms with E-state index in [9.17, 15) is 9.90 Å².